The van der Waals surface area contributed by atoms with Crippen LogP contribution in [0.2, 0.25) is 5.02 Å². The molecule has 32 heavy (non-hydrogen) atoms. The zero-order valence-electron chi connectivity index (χ0n) is 18.1. The molecule has 9 heteroatoms. The second-order valence-corrected chi connectivity index (χ2v) is 9.63. The van der Waals surface area contributed by atoms with E-state index in [-0.39, 0.29) is 24.2 Å². The number of aryl methyl sites for hydroxylation is 1. The number of carbonyl (C=O) groups excluding carboxylic acids is 2. The van der Waals surface area contributed by atoms with E-state index in [2.05, 4.69) is 15.1 Å². The minimum Gasteiger partial charge on any atom is -0.462 e. The first-order chi connectivity index (χ1) is 15.4. The Labute approximate surface area is 196 Å². The quantitative estimate of drug-likeness (QED) is 0.609. The highest BCUT2D eigenvalue weighted by atomic mass is 35.5. The van der Waals surface area contributed by atoms with Gasteiger partial charge in [-0.3, -0.25) is 14.6 Å². The second-order valence-electron chi connectivity index (χ2n) is 8.12. The highest BCUT2D eigenvalue weighted by Gasteiger charge is 2.29. The molecule has 0 radical (unpaired) electrons. The van der Waals surface area contributed by atoms with Crippen LogP contribution in [0.3, 0.4) is 0 Å². The number of ether oxygens (including phenoxy) is 1. The summed E-state index contributed by atoms with van der Waals surface area (Å²) in [5.41, 5.74) is 2.48. The van der Waals surface area contributed by atoms with E-state index in [1.54, 1.807) is 13.0 Å². The molecule has 0 atom stereocenters. The number of esters is 1. The fourth-order valence-corrected chi connectivity index (χ4v) is 5.80. The van der Waals surface area contributed by atoms with E-state index in [0.29, 0.717) is 28.7 Å². The molecule has 1 aromatic heterocycles. The first kappa shape index (κ1) is 23.2. The van der Waals surface area contributed by atoms with Crippen molar-refractivity contribution in [1.29, 1.82) is 0 Å². The number of thiophene rings is 1. The van der Waals surface area contributed by atoms with Gasteiger partial charge in [-0.1, -0.05) is 17.7 Å². The molecule has 2 heterocycles. The van der Waals surface area contributed by atoms with E-state index in [1.165, 1.54) is 28.3 Å². The summed E-state index contributed by atoms with van der Waals surface area (Å²) in [7, 11) is 0. The number of nitrogens with zero attached hydrogens (tertiary/aromatic N) is 2. The lowest BCUT2D eigenvalue weighted by Gasteiger charge is -2.34. The molecule has 4 rings (SSSR count). The zero-order valence-corrected chi connectivity index (χ0v) is 19.7. The van der Waals surface area contributed by atoms with Crippen molar-refractivity contribution >= 4 is 39.8 Å². The van der Waals surface area contributed by atoms with Crippen LogP contribution < -0.4 is 5.32 Å². The minimum absolute atomic E-state index is 0.120. The maximum absolute atomic E-state index is 13.2. The molecule has 1 aliphatic heterocycles. The van der Waals surface area contributed by atoms with E-state index >= 15 is 0 Å². The van der Waals surface area contributed by atoms with Crippen molar-refractivity contribution < 1.29 is 18.7 Å². The Kier molecular flexibility index (Phi) is 7.45. The van der Waals surface area contributed by atoms with Crippen molar-refractivity contribution in [3.63, 3.8) is 0 Å². The summed E-state index contributed by atoms with van der Waals surface area (Å²) in [6.07, 6.45) is 2.84. The fourth-order valence-electron chi connectivity index (χ4n) is 4.28. The second kappa shape index (κ2) is 10.3. The molecular weight excluding hydrogens is 453 g/mol. The molecule has 172 valence electrons. The lowest BCUT2D eigenvalue weighted by Crippen LogP contribution is -2.48. The van der Waals surface area contributed by atoms with Gasteiger partial charge < -0.3 is 10.1 Å². The Bertz CT molecular complexity index is 1000. The highest BCUT2D eigenvalue weighted by molar-refractivity contribution is 7.17. The summed E-state index contributed by atoms with van der Waals surface area (Å²) in [6, 6.07) is 4.48. The van der Waals surface area contributed by atoms with E-state index in [9.17, 15) is 14.0 Å². The van der Waals surface area contributed by atoms with Gasteiger partial charge in [-0.25, -0.2) is 9.18 Å². The molecule has 0 bridgehead atoms. The normalized spacial score (nSPS) is 16.7. The van der Waals surface area contributed by atoms with Crippen molar-refractivity contribution in [1.82, 2.24) is 9.80 Å². The number of anilines is 1. The monoisotopic (exact) mass is 479 g/mol. The van der Waals surface area contributed by atoms with Crippen molar-refractivity contribution in [2.45, 2.75) is 32.7 Å². The van der Waals surface area contributed by atoms with Crippen LogP contribution in [-0.2, 0) is 28.9 Å². The van der Waals surface area contributed by atoms with Gasteiger partial charge in [0.05, 0.1) is 18.7 Å². The maximum atomic E-state index is 13.2. The Morgan fingerprint density at radius 3 is 2.66 bits per heavy atom. The van der Waals surface area contributed by atoms with Crippen LogP contribution in [0, 0.1) is 5.82 Å². The van der Waals surface area contributed by atoms with Gasteiger partial charge >= 0.3 is 5.97 Å². The fraction of sp³-hybridized carbons (Fsp3) is 0.478. The van der Waals surface area contributed by atoms with Crippen LogP contribution in [-0.4, -0.2) is 61.0 Å². The third-order valence-corrected chi connectivity index (χ3v) is 7.45. The predicted molar refractivity (Wildman–Crippen MR) is 124 cm³/mol. The van der Waals surface area contributed by atoms with E-state index in [0.717, 1.165) is 56.6 Å². The van der Waals surface area contributed by atoms with Gasteiger partial charge in [-0.15, -0.1) is 11.3 Å². The maximum Gasteiger partial charge on any atom is 0.341 e. The Hall–Kier alpha value is -2.00. The van der Waals surface area contributed by atoms with E-state index in [1.807, 2.05) is 0 Å². The predicted octanol–water partition coefficient (Wildman–Crippen LogP) is 3.96. The summed E-state index contributed by atoms with van der Waals surface area (Å²) >= 11 is 7.64. The van der Waals surface area contributed by atoms with Gasteiger partial charge in [0, 0.05) is 42.6 Å². The van der Waals surface area contributed by atoms with Crippen LogP contribution in [0.25, 0.3) is 0 Å². The highest BCUT2D eigenvalue weighted by Crippen LogP contribution is 2.39. The molecule has 1 saturated heterocycles. The lowest BCUT2D eigenvalue weighted by atomic mass is 10.1. The van der Waals surface area contributed by atoms with Crippen LogP contribution in [0.4, 0.5) is 9.39 Å². The van der Waals surface area contributed by atoms with Gasteiger partial charge in [0.25, 0.3) is 0 Å². The average molecular weight is 480 g/mol. The van der Waals surface area contributed by atoms with Crippen molar-refractivity contribution in [3.05, 3.63) is 50.6 Å². The summed E-state index contributed by atoms with van der Waals surface area (Å²) in [4.78, 5) is 30.7. The first-order valence-corrected chi connectivity index (χ1v) is 12.1. The summed E-state index contributed by atoms with van der Waals surface area (Å²) < 4.78 is 18.5. The number of rotatable bonds is 7. The number of fused-ring (bicyclic) bond motifs is 1. The Morgan fingerprint density at radius 1 is 1.19 bits per heavy atom. The first-order valence-electron chi connectivity index (χ1n) is 10.9. The molecule has 1 amide bonds. The van der Waals surface area contributed by atoms with E-state index in [4.69, 9.17) is 16.3 Å². The van der Waals surface area contributed by atoms with Gasteiger partial charge in [0.15, 0.2) is 0 Å². The molecule has 0 spiro atoms. The molecular formula is C23H27ClFN3O3S. The van der Waals surface area contributed by atoms with E-state index < -0.39 is 0 Å². The summed E-state index contributed by atoms with van der Waals surface area (Å²) in [5.74, 6) is -0.808. The number of nitrogens with one attached hydrogen (secondary N) is 1. The van der Waals surface area contributed by atoms with Crippen molar-refractivity contribution in [2.75, 3.05) is 44.6 Å². The molecule has 2 aromatic rings. The van der Waals surface area contributed by atoms with Gasteiger partial charge in [-0.2, -0.15) is 0 Å². The third kappa shape index (κ3) is 5.31. The molecule has 1 aromatic carbocycles. The van der Waals surface area contributed by atoms with Gasteiger partial charge in [-0.05, 0) is 49.4 Å². The number of halogens is 2. The molecule has 6 nitrogen and oxygen atoms in total. The topological polar surface area (TPSA) is 61.9 Å². The molecule has 0 saturated carbocycles. The van der Waals surface area contributed by atoms with Crippen LogP contribution in [0.1, 0.15) is 39.7 Å². The molecule has 2 aliphatic rings. The minimum atomic E-state index is -0.352. The van der Waals surface area contributed by atoms with Crippen molar-refractivity contribution in [3.8, 4) is 0 Å². The number of benzene rings is 1. The Morgan fingerprint density at radius 2 is 1.94 bits per heavy atom. The smallest absolute Gasteiger partial charge is 0.341 e. The zero-order chi connectivity index (χ0) is 22.7. The van der Waals surface area contributed by atoms with Crippen LogP contribution in [0.15, 0.2) is 18.2 Å². The van der Waals surface area contributed by atoms with Gasteiger partial charge in [0.2, 0.25) is 5.91 Å². The SMILES string of the molecule is CCOC(=O)c1c(NC(=O)CN2CCN(Cc3ccc(F)cc3Cl)CC2)sc2c1CCC2. The number of hydrogen-bond acceptors (Lipinski definition) is 6. The molecule has 1 N–H and O–H groups in total. The number of amides is 1. The standard InChI is InChI=1S/C23H27ClFN3O3S/c1-2-31-23(30)21-17-4-3-5-19(17)32-22(21)26-20(29)14-28-10-8-27(9-11-28)13-15-6-7-16(25)12-18(15)24/h6-7,12H,2-5,8-11,13-14H2,1H3,(H,26,29). The molecule has 1 fully saturated rings. The van der Waals surface area contributed by atoms with Crippen molar-refractivity contribution in [2.24, 2.45) is 0 Å². The summed E-state index contributed by atoms with van der Waals surface area (Å²) in [5, 5.41) is 4.01. The van der Waals surface area contributed by atoms with Crippen LogP contribution in [0.5, 0.6) is 0 Å². The number of piperazine rings is 1. The largest absolute Gasteiger partial charge is 0.462 e. The summed E-state index contributed by atoms with van der Waals surface area (Å²) in [6.45, 7) is 6.11. The Balaban J connectivity index is 1.31. The third-order valence-electron chi connectivity index (χ3n) is 5.89. The number of carbonyl (C=O) groups is 2. The molecule has 0 unspecified atom stereocenters. The van der Waals surface area contributed by atoms with Crippen LogP contribution >= 0.6 is 22.9 Å². The lowest BCUT2D eigenvalue weighted by molar-refractivity contribution is -0.117. The van der Waals surface area contributed by atoms with Gasteiger partial charge in [0.1, 0.15) is 10.8 Å². The number of hydrogen-bond donors (Lipinski definition) is 1. The molecule has 1 aliphatic carbocycles. The average Bonchev–Trinajstić information content (AvgIpc) is 3.32.